The van der Waals surface area contributed by atoms with E-state index in [-0.39, 0.29) is 0 Å². The monoisotopic (exact) mass is 300 g/mol. The van der Waals surface area contributed by atoms with E-state index in [1.165, 1.54) is 25.7 Å². The van der Waals surface area contributed by atoms with E-state index in [0.29, 0.717) is 5.41 Å². The SMILES string of the molecule is CCC(C)C(CC)(CC)CC.O=[P+](O)O[P+](=O)O. The van der Waals surface area contributed by atoms with Crippen LogP contribution in [0.4, 0.5) is 0 Å². The molecule has 0 rings (SSSR count). The Labute approximate surface area is 112 Å². The van der Waals surface area contributed by atoms with E-state index < -0.39 is 16.5 Å². The van der Waals surface area contributed by atoms with Crippen LogP contribution in [0.3, 0.4) is 0 Å². The average Bonchev–Trinajstić information content (AvgIpc) is 2.30. The van der Waals surface area contributed by atoms with Crippen molar-refractivity contribution in [2.45, 2.75) is 60.3 Å². The molecule has 0 heterocycles. The van der Waals surface area contributed by atoms with Gasteiger partial charge in [-0.2, -0.15) is 0 Å². The minimum Gasteiger partial charge on any atom is -0.131 e. The maximum atomic E-state index is 9.39. The first-order valence-electron chi connectivity index (χ1n) is 6.29. The highest BCUT2D eigenvalue weighted by atomic mass is 31.2. The number of hydrogen-bond acceptors (Lipinski definition) is 3. The van der Waals surface area contributed by atoms with Crippen LogP contribution in [0.15, 0.2) is 0 Å². The third-order valence-corrected chi connectivity index (χ3v) is 5.03. The zero-order valence-corrected chi connectivity index (χ0v) is 13.7. The molecule has 0 saturated carbocycles. The minimum atomic E-state index is -2.92. The highest BCUT2D eigenvalue weighted by molar-refractivity contribution is 7.46. The van der Waals surface area contributed by atoms with Crippen LogP contribution in [-0.4, -0.2) is 9.79 Å². The van der Waals surface area contributed by atoms with E-state index in [2.05, 4.69) is 38.9 Å². The predicted molar refractivity (Wildman–Crippen MR) is 73.5 cm³/mol. The highest BCUT2D eigenvalue weighted by Crippen LogP contribution is 2.39. The molecule has 0 aliphatic carbocycles. The van der Waals surface area contributed by atoms with Gasteiger partial charge in [-0.1, -0.05) is 60.3 Å². The molecule has 0 aromatic heterocycles. The quantitative estimate of drug-likeness (QED) is 0.674. The normalized spacial score (nSPS) is 14.4. The van der Waals surface area contributed by atoms with Gasteiger partial charge in [-0.25, -0.2) is 0 Å². The van der Waals surface area contributed by atoms with Crippen LogP contribution in [-0.2, 0) is 13.4 Å². The second kappa shape index (κ2) is 11.0. The Morgan fingerprint density at radius 3 is 1.39 bits per heavy atom. The van der Waals surface area contributed by atoms with E-state index >= 15 is 0 Å². The lowest BCUT2D eigenvalue weighted by atomic mass is 9.69. The van der Waals surface area contributed by atoms with Gasteiger partial charge < -0.3 is 0 Å². The summed E-state index contributed by atoms with van der Waals surface area (Å²) < 4.78 is 22.2. The fourth-order valence-electron chi connectivity index (χ4n) is 2.29. The van der Waals surface area contributed by atoms with Crippen LogP contribution in [0, 0.1) is 11.3 Å². The average molecular weight is 300 g/mol. The summed E-state index contributed by atoms with van der Waals surface area (Å²) in [4.78, 5) is 15.3. The molecule has 3 atom stereocenters. The molecule has 7 heteroatoms. The van der Waals surface area contributed by atoms with Gasteiger partial charge in [-0.15, -0.1) is 9.79 Å². The molecule has 0 spiro atoms. The maximum absolute atomic E-state index is 9.39. The molecule has 0 fully saturated rings. The smallest absolute Gasteiger partial charge is 0.131 e. The Hall–Kier alpha value is 0.0800. The van der Waals surface area contributed by atoms with Crippen molar-refractivity contribution in [1.29, 1.82) is 0 Å². The summed E-state index contributed by atoms with van der Waals surface area (Å²) in [5.41, 5.74) is 0.634. The van der Waals surface area contributed by atoms with Crippen molar-refractivity contribution in [3.05, 3.63) is 0 Å². The Bertz CT molecular complexity index is 234. The molecular formula is C11H26O5P2+2. The molecule has 0 aromatic rings. The fraction of sp³-hybridized carbons (Fsp3) is 1.00. The van der Waals surface area contributed by atoms with E-state index in [0.717, 1.165) is 5.92 Å². The van der Waals surface area contributed by atoms with E-state index in [4.69, 9.17) is 9.79 Å². The van der Waals surface area contributed by atoms with Crippen molar-refractivity contribution in [3.63, 3.8) is 0 Å². The first kappa shape index (κ1) is 20.4. The number of hydrogen-bond donors (Lipinski definition) is 2. The van der Waals surface area contributed by atoms with Gasteiger partial charge in [0.1, 0.15) is 0 Å². The van der Waals surface area contributed by atoms with Crippen molar-refractivity contribution in [2.75, 3.05) is 0 Å². The van der Waals surface area contributed by atoms with Gasteiger partial charge in [0, 0.05) is 9.13 Å². The zero-order chi connectivity index (χ0) is 14.8. The topological polar surface area (TPSA) is 83.8 Å². The third-order valence-electron chi connectivity index (χ3n) is 3.91. The third kappa shape index (κ3) is 8.23. The minimum absolute atomic E-state index is 0.634. The van der Waals surface area contributed by atoms with Gasteiger partial charge >= 0.3 is 16.5 Å². The summed E-state index contributed by atoms with van der Waals surface area (Å²) in [5, 5.41) is 0. The molecule has 0 saturated heterocycles. The lowest BCUT2D eigenvalue weighted by Crippen LogP contribution is -2.26. The highest BCUT2D eigenvalue weighted by Gasteiger charge is 2.31. The van der Waals surface area contributed by atoms with Gasteiger partial charge in [0.15, 0.2) is 4.31 Å². The molecule has 0 radical (unpaired) electrons. The molecule has 0 amide bonds. The molecule has 2 N–H and O–H groups in total. The zero-order valence-electron chi connectivity index (χ0n) is 11.9. The summed E-state index contributed by atoms with van der Waals surface area (Å²) in [5.74, 6) is 0.891. The fourth-order valence-corrected chi connectivity index (χ4v) is 2.77. The summed E-state index contributed by atoms with van der Waals surface area (Å²) in [6, 6.07) is 0. The largest absolute Gasteiger partial charge is 0.745 e. The van der Waals surface area contributed by atoms with E-state index in [1.807, 2.05) is 0 Å². The summed E-state index contributed by atoms with van der Waals surface area (Å²) in [6.07, 6.45) is 5.36. The van der Waals surface area contributed by atoms with Crippen LogP contribution < -0.4 is 0 Å². The number of rotatable bonds is 7. The van der Waals surface area contributed by atoms with Crippen LogP contribution in [0.25, 0.3) is 0 Å². The molecule has 0 aromatic carbocycles. The molecule has 108 valence electrons. The molecular weight excluding hydrogens is 274 g/mol. The van der Waals surface area contributed by atoms with Crippen LogP contribution in [0.2, 0.25) is 0 Å². The van der Waals surface area contributed by atoms with E-state index in [1.54, 1.807) is 0 Å². The predicted octanol–water partition coefficient (Wildman–Crippen LogP) is 4.55. The van der Waals surface area contributed by atoms with E-state index in [9.17, 15) is 9.13 Å². The molecule has 3 unspecified atom stereocenters. The standard InChI is InChI=1S/C11H24.O5P2/c1-6-10(5)11(7-2,8-3)9-4;1-6(2)5-7(3)4/h10H,6-9H2,1-5H3;/p+2. The Morgan fingerprint density at radius 2 is 1.33 bits per heavy atom. The molecule has 0 bridgehead atoms. The van der Waals surface area contributed by atoms with Crippen molar-refractivity contribution < 1.29 is 23.2 Å². The molecule has 18 heavy (non-hydrogen) atoms. The molecule has 0 aliphatic heterocycles. The summed E-state index contributed by atoms with van der Waals surface area (Å²) >= 11 is 0. The van der Waals surface area contributed by atoms with Gasteiger partial charge in [0.05, 0.1) is 0 Å². The second-order valence-corrected chi connectivity index (χ2v) is 5.89. The van der Waals surface area contributed by atoms with Crippen molar-refractivity contribution >= 4 is 16.5 Å². The van der Waals surface area contributed by atoms with Crippen LogP contribution in [0.5, 0.6) is 0 Å². The second-order valence-electron chi connectivity index (χ2n) is 4.29. The van der Waals surface area contributed by atoms with Gasteiger partial charge in [0.2, 0.25) is 0 Å². The van der Waals surface area contributed by atoms with Crippen molar-refractivity contribution in [1.82, 2.24) is 0 Å². The summed E-state index contributed by atoms with van der Waals surface area (Å²) in [6.45, 7) is 11.7. The van der Waals surface area contributed by atoms with Gasteiger partial charge in [-0.05, 0) is 11.3 Å². The Morgan fingerprint density at radius 1 is 1.00 bits per heavy atom. The Balaban J connectivity index is 0. The maximum Gasteiger partial charge on any atom is 0.745 e. The molecule has 0 aliphatic rings. The van der Waals surface area contributed by atoms with Crippen molar-refractivity contribution in [2.24, 2.45) is 11.3 Å². The lowest BCUT2D eigenvalue weighted by molar-refractivity contribution is 0.144. The lowest BCUT2D eigenvalue weighted by Gasteiger charge is -2.36. The summed E-state index contributed by atoms with van der Waals surface area (Å²) in [7, 11) is -5.85. The first-order chi connectivity index (χ1) is 8.29. The Kier molecular flexibility index (Phi) is 12.4. The first-order valence-corrected chi connectivity index (χ1v) is 8.55. The van der Waals surface area contributed by atoms with Gasteiger partial charge in [0.25, 0.3) is 0 Å². The van der Waals surface area contributed by atoms with Gasteiger partial charge in [-0.3, -0.25) is 0 Å². The molecule has 5 nitrogen and oxygen atoms in total. The van der Waals surface area contributed by atoms with Crippen LogP contribution in [0.1, 0.15) is 60.3 Å². The van der Waals surface area contributed by atoms with Crippen molar-refractivity contribution in [3.8, 4) is 0 Å². The van der Waals surface area contributed by atoms with Crippen LogP contribution >= 0.6 is 16.5 Å².